The molecular formula is C12H18Cl2N2. The van der Waals surface area contributed by atoms with E-state index >= 15 is 0 Å². The molecule has 0 saturated heterocycles. The highest BCUT2D eigenvalue weighted by atomic mass is 35.5. The second-order valence-electron chi connectivity index (χ2n) is 4.05. The highest BCUT2D eigenvalue weighted by Crippen LogP contribution is 2.21. The topological polar surface area (TPSA) is 29.3 Å². The SMILES string of the molecule is CC(CN)N(C)CCc1ccc(Cl)cc1Cl. The van der Waals surface area contributed by atoms with Gasteiger partial charge in [0.2, 0.25) is 0 Å². The second-order valence-corrected chi connectivity index (χ2v) is 4.89. The van der Waals surface area contributed by atoms with Gasteiger partial charge < -0.3 is 10.6 Å². The van der Waals surface area contributed by atoms with E-state index < -0.39 is 0 Å². The molecule has 0 heterocycles. The first kappa shape index (κ1) is 13.8. The van der Waals surface area contributed by atoms with Gasteiger partial charge in [-0.2, -0.15) is 0 Å². The van der Waals surface area contributed by atoms with Gasteiger partial charge in [-0.1, -0.05) is 29.3 Å². The van der Waals surface area contributed by atoms with Crippen LogP contribution in [0.25, 0.3) is 0 Å². The van der Waals surface area contributed by atoms with E-state index in [9.17, 15) is 0 Å². The van der Waals surface area contributed by atoms with Crippen LogP contribution in [0.3, 0.4) is 0 Å². The molecular weight excluding hydrogens is 243 g/mol. The summed E-state index contributed by atoms with van der Waals surface area (Å²) in [5.74, 6) is 0. The van der Waals surface area contributed by atoms with Crippen molar-refractivity contribution < 1.29 is 0 Å². The summed E-state index contributed by atoms with van der Waals surface area (Å²) < 4.78 is 0. The van der Waals surface area contributed by atoms with Gasteiger partial charge in [-0.15, -0.1) is 0 Å². The highest BCUT2D eigenvalue weighted by Gasteiger charge is 2.08. The summed E-state index contributed by atoms with van der Waals surface area (Å²) in [7, 11) is 2.07. The molecule has 16 heavy (non-hydrogen) atoms. The van der Waals surface area contributed by atoms with Crippen LogP contribution in [0.4, 0.5) is 0 Å². The lowest BCUT2D eigenvalue weighted by Gasteiger charge is -2.23. The number of nitrogens with zero attached hydrogens (tertiary/aromatic N) is 1. The Morgan fingerprint density at radius 2 is 2.06 bits per heavy atom. The fourth-order valence-electron chi connectivity index (χ4n) is 1.42. The van der Waals surface area contributed by atoms with E-state index in [0.717, 1.165) is 23.6 Å². The Bertz CT molecular complexity index is 342. The van der Waals surface area contributed by atoms with Crippen LogP contribution in [0.5, 0.6) is 0 Å². The van der Waals surface area contributed by atoms with Gasteiger partial charge in [-0.05, 0) is 38.1 Å². The molecule has 1 aromatic rings. The first-order chi connectivity index (χ1) is 7.54. The largest absolute Gasteiger partial charge is 0.329 e. The molecule has 0 aromatic heterocycles. The Morgan fingerprint density at radius 3 is 2.62 bits per heavy atom. The summed E-state index contributed by atoms with van der Waals surface area (Å²) in [5, 5.41) is 1.42. The summed E-state index contributed by atoms with van der Waals surface area (Å²) in [6.45, 7) is 3.73. The zero-order valence-electron chi connectivity index (χ0n) is 9.71. The molecule has 4 heteroatoms. The van der Waals surface area contributed by atoms with E-state index in [-0.39, 0.29) is 0 Å². The number of hydrogen-bond donors (Lipinski definition) is 1. The minimum absolute atomic E-state index is 0.395. The highest BCUT2D eigenvalue weighted by molar-refractivity contribution is 6.35. The molecule has 2 nitrogen and oxygen atoms in total. The molecule has 1 rings (SSSR count). The van der Waals surface area contributed by atoms with E-state index in [1.165, 1.54) is 0 Å². The number of halogens is 2. The fraction of sp³-hybridized carbons (Fsp3) is 0.500. The van der Waals surface area contributed by atoms with Crippen molar-refractivity contribution in [3.8, 4) is 0 Å². The standard InChI is InChI=1S/C12H18Cl2N2/c1-9(8-15)16(2)6-5-10-3-4-11(13)7-12(10)14/h3-4,7,9H,5-6,8,15H2,1-2H3. The molecule has 0 amide bonds. The molecule has 0 bridgehead atoms. The van der Waals surface area contributed by atoms with Gasteiger partial charge in [-0.3, -0.25) is 0 Å². The van der Waals surface area contributed by atoms with Crippen molar-refractivity contribution in [2.45, 2.75) is 19.4 Å². The van der Waals surface area contributed by atoms with Crippen LogP contribution < -0.4 is 5.73 Å². The van der Waals surface area contributed by atoms with E-state index in [1.54, 1.807) is 6.07 Å². The lowest BCUT2D eigenvalue weighted by atomic mass is 10.1. The third-order valence-corrected chi connectivity index (χ3v) is 3.43. The maximum atomic E-state index is 6.10. The van der Waals surface area contributed by atoms with Crippen molar-refractivity contribution in [2.75, 3.05) is 20.1 Å². The number of nitrogens with two attached hydrogens (primary N) is 1. The molecule has 0 aliphatic rings. The summed E-state index contributed by atoms with van der Waals surface area (Å²) in [6, 6.07) is 6.03. The van der Waals surface area contributed by atoms with Gasteiger partial charge in [0.15, 0.2) is 0 Å². The van der Waals surface area contributed by atoms with Crippen molar-refractivity contribution >= 4 is 23.2 Å². The minimum atomic E-state index is 0.395. The van der Waals surface area contributed by atoms with E-state index in [2.05, 4.69) is 18.9 Å². The van der Waals surface area contributed by atoms with Crippen molar-refractivity contribution in [3.05, 3.63) is 33.8 Å². The van der Waals surface area contributed by atoms with Crippen molar-refractivity contribution in [2.24, 2.45) is 5.73 Å². The summed E-state index contributed by atoms with van der Waals surface area (Å²) in [6.07, 6.45) is 0.914. The molecule has 0 saturated carbocycles. The molecule has 0 spiro atoms. The molecule has 90 valence electrons. The van der Waals surface area contributed by atoms with E-state index in [0.29, 0.717) is 17.6 Å². The summed E-state index contributed by atoms with van der Waals surface area (Å²) in [5.41, 5.74) is 6.73. The maximum Gasteiger partial charge on any atom is 0.0453 e. The second kappa shape index (κ2) is 6.45. The normalized spacial score (nSPS) is 13.1. The molecule has 0 radical (unpaired) electrons. The quantitative estimate of drug-likeness (QED) is 0.883. The zero-order valence-corrected chi connectivity index (χ0v) is 11.2. The minimum Gasteiger partial charge on any atom is -0.329 e. The molecule has 0 aliphatic heterocycles. The van der Waals surface area contributed by atoms with E-state index in [1.807, 2.05) is 12.1 Å². The van der Waals surface area contributed by atoms with Crippen LogP contribution in [0, 0.1) is 0 Å². The molecule has 0 aliphatic carbocycles. The lowest BCUT2D eigenvalue weighted by molar-refractivity contribution is 0.266. The monoisotopic (exact) mass is 260 g/mol. The third-order valence-electron chi connectivity index (χ3n) is 2.84. The average molecular weight is 261 g/mol. The van der Waals surface area contributed by atoms with Gasteiger partial charge in [-0.25, -0.2) is 0 Å². The van der Waals surface area contributed by atoms with Gasteiger partial charge >= 0.3 is 0 Å². The summed E-state index contributed by atoms with van der Waals surface area (Å²) in [4.78, 5) is 2.23. The van der Waals surface area contributed by atoms with E-state index in [4.69, 9.17) is 28.9 Å². The Hall–Kier alpha value is -0.280. The molecule has 1 aromatic carbocycles. The molecule has 1 unspecified atom stereocenters. The smallest absolute Gasteiger partial charge is 0.0453 e. The van der Waals surface area contributed by atoms with Crippen molar-refractivity contribution in [1.82, 2.24) is 4.90 Å². The zero-order chi connectivity index (χ0) is 12.1. The number of benzene rings is 1. The predicted molar refractivity (Wildman–Crippen MR) is 71.3 cm³/mol. The maximum absolute atomic E-state index is 6.10. The van der Waals surface area contributed by atoms with Crippen molar-refractivity contribution in [3.63, 3.8) is 0 Å². The molecule has 0 fully saturated rings. The molecule has 2 N–H and O–H groups in total. The van der Waals surface area contributed by atoms with Gasteiger partial charge in [0, 0.05) is 29.2 Å². The Labute approximate surface area is 107 Å². The van der Waals surface area contributed by atoms with Gasteiger partial charge in [0.25, 0.3) is 0 Å². The van der Waals surface area contributed by atoms with Gasteiger partial charge in [0.05, 0.1) is 0 Å². The molecule has 1 atom stereocenters. The fourth-order valence-corrected chi connectivity index (χ4v) is 1.92. The van der Waals surface area contributed by atoms with Crippen LogP contribution in [-0.2, 0) is 6.42 Å². The Balaban J connectivity index is 2.54. The Morgan fingerprint density at radius 1 is 1.38 bits per heavy atom. The van der Waals surface area contributed by atoms with Crippen LogP contribution in [0.1, 0.15) is 12.5 Å². The van der Waals surface area contributed by atoms with Gasteiger partial charge in [0.1, 0.15) is 0 Å². The van der Waals surface area contributed by atoms with Crippen LogP contribution in [-0.4, -0.2) is 31.1 Å². The lowest BCUT2D eigenvalue weighted by Crippen LogP contribution is -2.36. The first-order valence-electron chi connectivity index (χ1n) is 5.39. The average Bonchev–Trinajstić information content (AvgIpc) is 2.26. The van der Waals surface area contributed by atoms with Crippen LogP contribution in [0.2, 0.25) is 10.0 Å². The number of likely N-dealkylation sites (N-methyl/N-ethyl adjacent to an activating group) is 1. The third kappa shape index (κ3) is 3.95. The van der Waals surface area contributed by atoms with Crippen molar-refractivity contribution in [1.29, 1.82) is 0 Å². The summed E-state index contributed by atoms with van der Waals surface area (Å²) >= 11 is 11.9. The van der Waals surface area contributed by atoms with Crippen LogP contribution >= 0.6 is 23.2 Å². The predicted octanol–water partition coefficient (Wildman–Crippen LogP) is 2.81. The Kier molecular flexibility index (Phi) is 5.56. The number of hydrogen-bond acceptors (Lipinski definition) is 2. The first-order valence-corrected chi connectivity index (χ1v) is 6.14. The van der Waals surface area contributed by atoms with Crippen LogP contribution in [0.15, 0.2) is 18.2 Å². The number of rotatable bonds is 5.